The van der Waals surface area contributed by atoms with Gasteiger partial charge >= 0.3 is 12.1 Å². The molecule has 0 aliphatic heterocycles. The van der Waals surface area contributed by atoms with Crippen molar-refractivity contribution < 1.29 is 24.2 Å². The van der Waals surface area contributed by atoms with Crippen LogP contribution in [0.15, 0.2) is 24.3 Å². The number of amides is 1. The van der Waals surface area contributed by atoms with Crippen molar-refractivity contribution in [2.45, 2.75) is 6.92 Å². The second-order valence-corrected chi connectivity index (χ2v) is 3.02. The topological polar surface area (TPSA) is 84.9 Å². The average Bonchev–Trinajstić information content (AvgIpc) is 2.29. The predicted molar refractivity (Wildman–Crippen MR) is 59.3 cm³/mol. The lowest BCUT2D eigenvalue weighted by Crippen LogP contribution is -2.31. The Hall–Kier alpha value is -2.24. The normalized spacial score (nSPS) is 9.47. The van der Waals surface area contributed by atoms with E-state index in [1.807, 2.05) is 0 Å². The number of benzene rings is 1. The summed E-state index contributed by atoms with van der Waals surface area (Å²) >= 11 is 0. The number of nitrogens with one attached hydrogen (secondary N) is 1. The largest absolute Gasteiger partial charge is 0.490 e. The van der Waals surface area contributed by atoms with E-state index in [1.54, 1.807) is 31.2 Å². The molecule has 0 saturated heterocycles. The number of carboxylic acid groups (broad SMARTS) is 1. The third kappa shape index (κ3) is 4.42. The van der Waals surface area contributed by atoms with Gasteiger partial charge < -0.3 is 19.9 Å². The molecule has 6 heteroatoms. The summed E-state index contributed by atoms with van der Waals surface area (Å²) in [6.07, 6.45) is -0.834. The van der Waals surface area contributed by atoms with E-state index < -0.39 is 18.6 Å². The summed E-state index contributed by atoms with van der Waals surface area (Å²) in [5.74, 6) is -0.460. The zero-order chi connectivity index (χ0) is 12.7. The fourth-order valence-electron chi connectivity index (χ4n) is 1.09. The number of rotatable bonds is 5. The molecular formula is C11H13NO5. The summed E-state index contributed by atoms with van der Waals surface area (Å²) in [6.45, 7) is 1.76. The van der Waals surface area contributed by atoms with Crippen LogP contribution >= 0.6 is 0 Å². The molecule has 0 atom stereocenters. The van der Waals surface area contributed by atoms with Gasteiger partial charge in [-0.15, -0.1) is 0 Å². The first-order valence-corrected chi connectivity index (χ1v) is 5.02. The summed E-state index contributed by atoms with van der Waals surface area (Å²) in [6, 6.07) is 6.64. The Bertz CT molecular complexity index is 405. The van der Waals surface area contributed by atoms with Crippen molar-refractivity contribution in [3.63, 3.8) is 0 Å². The standard InChI is InChI=1S/C11H13NO5/c1-2-16-8-5-3-4-6-9(8)17-11(15)12-7-10(13)14/h3-6H,2,7H2,1H3,(H,12,15)(H,13,14). The number of hydrogen-bond donors (Lipinski definition) is 2. The van der Waals surface area contributed by atoms with Crippen molar-refractivity contribution in [3.05, 3.63) is 24.3 Å². The Morgan fingerprint density at radius 1 is 1.29 bits per heavy atom. The minimum absolute atomic E-state index is 0.247. The Kier molecular flexibility index (Phi) is 4.80. The van der Waals surface area contributed by atoms with Gasteiger partial charge in [0.1, 0.15) is 6.54 Å². The highest BCUT2D eigenvalue weighted by Crippen LogP contribution is 2.26. The summed E-state index contributed by atoms with van der Waals surface area (Å²) < 4.78 is 10.2. The van der Waals surface area contributed by atoms with Crippen molar-refractivity contribution in [1.29, 1.82) is 0 Å². The molecule has 0 bridgehead atoms. The maximum Gasteiger partial charge on any atom is 0.413 e. The monoisotopic (exact) mass is 239 g/mol. The molecule has 6 nitrogen and oxygen atoms in total. The Balaban J connectivity index is 2.61. The van der Waals surface area contributed by atoms with Crippen LogP contribution in [0.25, 0.3) is 0 Å². The number of carboxylic acids is 1. The summed E-state index contributed by atoms with van der Waals surface area (Å²) in [4.78, 5) is 21.5. The van der Waals surface area contributed by atoms with Crippen LogP contribution in [-0.2, 0) is 4.79 Å². The number of carbonyl (C=O) groups excluding carboxylic acids is 1. The van der Waals surface area contributed by atoms with Gasteiger partial charge in [-0.1, -0.05) is 12.1 Å². The van der Waals surface area contributed by atoms with Gasteiger partial charge in [-0.2, -0.15) is 0 Å². The molecule has 0 saturated carbocycles. The third-order valence-electron chi connectivity index (χ3n) is 1.74. The molecule has 0 heterocycles. The van der Waals surface area contributed by atoms with Crippen molar-refractivity contribution in [1.82, 2.24) is 5.32 Å². The van der Waals surface area contributed by atoms with Crippen molar-refractivity contribution in [2.75, 3.05) is 13.2 Å². The quantitative estimate of drug-likeness (QED) is 0.807. The highest BCUT2D eigenvalue weighted by molar-refractivity contribution is 5.78. The summed E-state index contributed by atoms with van der Waals surface area (Å²) in [5.41, 5.74) is 0. The van der Waals surface area contributed by atoms with Crippen LogP contribution in [0, 0.1) is 0 Å². The van der Waals surface area contributed by atoms with Gasteiger partial charge in [0.2, 0.25) is 0 Å². The van der Waals surface area contributed by atoms with E-state index in [4.69, 9.17) is 14.6 Å². The molecule has 1 aromatic carbocycles. The molecule has 0 unspecified atom stereocenters. The molecule has 0 fully saturated rings. The number of aliphatic carboxylic acids is 1. The average molecular weight is 239 g/mol. The van der Waals surface area contributed by atoms with Gasteiger partial charge in [0.25, 0.3) is 0 Å². The molecule has 17 heavy (non-hydrogen) atoms. The third-order valence-corrected chi connectivity index (χ3v) is 1.74. The fourth-order valence-corrected chi connectivity index (χ4v) is 1.09. The molecular weight excluding hydrogens is 226 g/mol. The number of ether oxygens (including phenoxy) is 2. The SMILES string of the molecule is CCOc1ccccc1OC(=O)NCC(=O)O. The van der Waals surface area contributed by atoms with E-state index in [9.17, 15) is 9.59 Å². The lowest BCUT2D eigenvalue weighted by atomic mass is 10.3. The van der Waals surface area contributed by atoms with Gasteiger partial charge in [0, 0.05) is 0 Å². The molecule has 2 N–H and O–H groups in total. The van der Waals surface area contributed by atoms with E-state index >= 15 is 0 Å². The zero-order valence-electron chi connectivity index (χ0n) is 9.30. The maximum atomic E-state index is 11.2. The second kappa shape index (κ2) is 6.37. The first kappa shape index (κ1) is 12.8. The lowest BCUT2D eigenvalue weighted by Gasteiger charge is -2.09. The van der Waals surface area contributed by atoms with Crippen LogP contribution in [0.3, 0.4) is 0 Å². The molecule has 1 amide bonds. The smallest absolute Gasteiger partial charge is 0.413 e. The van der Waals surface area contributed by atoms with E-state index in [-0.39, 0.29) is 5.75 Å². The highest BCUT2D eigenvalue weighted by Gasteiger charge is 2.10. The van der Waals surface area contributed by atoms with Crippen molar-refractivity contribution >= 4 is 12.1 Å². The van der Waals surface area contributed by atoms with Gasteiger partial charge in [-0.05, 0) is 19.1 Å². The highest BCUT2D eigenvalue weighted by atomic mass is 16.6. The number of carbonyl (C=O) groups is 2. The molecule has 0 aromatic heterocycles. The van der Waals surface area contributed by atoms with Crippen LogP contribution in [-0.4, -0.2) is 30.3 Å². The van der Waals surface area contributed by atoms with E-state index in [1.165, 1.54) is 0 Å². The van der Waals surface area contributed by atoms with E-state index in [0.29, 0.717) is 12.4 Å². The maximum absolute atomic E-state index is 11.2. The predicted octanol–water partition coefficient (Wildman–Crippen LogP) is 1.26. The minimum atomic E-state index is -1.14. The first-order valence-electron chi connectivity index (χ1n) is 5.02. The Morgan fingerprint density at radius 3 is 2.53 bits per heavy atom. The Morgan fingerprint density at radius 2 is 1.94 bits per heavy atom. The van der Waals surface area contributed by atoms with E-state index in [2.05, 4.69) is 5.32 Å². The summed E-state index contributed by atoms with van der Waals surface area (Å²) in [5, 5.41) is 10.5. The van der Waals surface area contributed by atoms with Gasteiger partial charge in [-0.25, -0.2) is 4.79 Å². The van der Waals surface area contributed by atoms with Crippen molar-refractivity contribution in [2.24, 2.45) is 0 Å². The van der Waals surface area contributed by atoms with Crippen molar-refractivity contribution in [3.8, 4) is 11.5 Å². The van der Waals surface area contributed by atoms with Crippen LogP contribution in [0.1, 0.15) is 6.92 Å². The summed E-state index contributed by atoms with van der Waals surface area (Å²) in [7, 11) is 0. The molecule has 0 spiro atoms. The van der Waals surface area contributed by atoms with Gasteiger partial charge in [0.15, 0.2) is 11.5 Å². The molecule has 1 rings (SSSR count). The van der Waals surface area contributed by atoms with E-state index in [0.717, 1.165) is 0 Å². The fraction of sp³-hybridized carbons (Fsp3) is 0.273. The van der Waals surface area contributed by atoms with Crippen LogP contribution < -0.4 is 14.8 Å². The molecule has 0 radical (unpaired) electrons. The lowest BCUT2D eigenvalue weighted by molar-refractivity contribution is -0.135. The zero-order valence-corrected chi connectivity index (χ0v) is 9.30. The molecule has 0 aliphatic carbocycles. The van der Waals surface area contributed by atoms with Crippen LogP contribution in [0.4, 0.5) is 4.79 Å². The van der Waals surface area contributed by atoms with Gasteiger partial charge in [0.05, 0.1) is 6.61 Å². The minimum Gasteiger partial charge on any atom is -0.490 e. The molecule has 92 valence electrons. The Labute approximate surface area is 98.2 Å². The number of para-hydroxylation sites is 2. The first-order chi connectivity index (χ1) is 8.13. The molecule has 1 aromatic rings. The number of hydrogen-bond acceptors (Lipinski definition) is 4. The van der Waals surface area contributed by atoms with Gasteiger partial charge in [-0.3, -0.25) is 4.79 Å². The molecule has 0 aliphatic rings. The van der Waals surface area contributed by atoms with Crippen LogP contribution in [0.2, 0.25) is 0 Å². The van der Waals surface area contributed by atoms with Crippen LogP contribution in [0.5, 0.6) is 11.5 Å². The second-order valence-electron chi connectivity index (χ2n) is 3.02.